The number of carboxylic acids is 1. The van der Waals surface area contributed by atoms with E-state index in [0.29, 0.717) is 25.5 Å². The first-order chi connectivity index (χ1) is 9.86. The topological polar surface area (TPSA) is 113 Å². The molecule has 0 aliphatic heterocycles. The van der Waals surface area contributed by atoms with Crippen LogP contribution < -0.4 is 5.32 Å². The van der Waals surface area contributed by atoms with Gasteiger partial charge in [0, 0.05) is 13.2 Å². The third-order valence-electron chi connectivity index (χ3n) is 3.01. The Balaban J connectivity index is 2.85. The van der Waals surface area contributed by atoms with E-state index in [4.69, 9.17) is 10.2 Å². The molecule has 1 unspecified atom stereocenters. The van der Waals surface area contributed by atoms with Crippen molar-refractivity contribution in [3.05, 3.63) is 33.6 Å². The van der Waals surface area contributed by atoms with Gasteiger partial charge in [0.2, 0.25) is 0 Å². The number of aliphatic hydroxyl groups is 1. The fourth-order valence-corrected chi connectivity index (χ4v) is 1.78. The maximum absolute atomic E-state index is 13.4. The number of hydrogen-bond acceptors (Lipinski definition) is 5. The summed E-state index contributed by atoms with van der Waals surface area (Å²) in [7, 11) is 0. The highest BCUT2D eigenvalue weighted by atomic mass is 19.1. The number of carbonyl (C=O) groups is 1. The Morgan fingerprint density at radius 2 is 2.19 bits per heavy atom. The molecule has 0 fully saturated rings. The number of anilines is 1. The number of halogens is 1. The van der Waals surface area contributed by atoms with Crippen molar-refractivity contribution in [3.8, 4) is 0 Å². The van der Waals surface area contributed by atoms with Gasteiger partial charge >= 0.3 is 5.97 Å². The number of hydrogen-bond donors (Lipinski definition) is 3. The summed E-state index contributed by atoms with van der Waals surface area (Å²) in [5, 5.41) is 31.3. The zero-order chi connectivity index (χ0) is 16.0. The van der Waals surface area contributed by atoms with Gasteiger partial charge in [0.25, 0.3) is 5.69 Å². The molecule has 0 aliphatic rings. The highest BCUT2D eigenvalue weighted by Gasteiger charge is 2.21. The van der Waals surface area contributed by atoms with E-state index >= 15 is 0 Å². The molecule has 0 spiro atoms. The van der Waals surface area contributed by atoms with Gasteiger partial charge in [-0.3, -0.25) is 10.1 Å². The largest absolute Gasteiger partial charge is 0.478 e. The summed E-state index contributed by atoms with van der Waals surface area (Å²) in [6, 6.07) is 1.52. The third-order valence-corrected chi connectivity index (χ3v) is 3.01. The zero-order valence-electron chi connectivity index (χ0n) is 11.5. The lowest BCUT2D eigenvalue weighted by molar-refractivity contribution is -0.384. The Bertz CT molecular complexity index is 536. The van der Waals surface area contributed by atoms with E-state index < -0.39 is 28.0 Å². The minimum Gasteiger partial charge on any atom is -0.478 e. The monoisotopic (exact) mass is 300 g/mol. The first-order valence-electron chi connectivity index (χ1n) is 6.42. The van der Waals surface area contributed by atoms with Gasteiger partial charge in [0.05, 0.1) is 16.6 Å². The van der Waals surface area contributed by atoms with Crippen LogP contribution in [-0.4, -0.2) is 34.3 Å². The van der Waals surface area contributed by atoms with Crippen LogP contribution in [0.5, 0.6) is 0 Å². The van der Waals surface area contributed by atoms with Crippen molar-refractivity contribution < 1.29 is 24.3 Å². The first-order valence-corrected chi connectivity index (χ1v) is 6.42. The highest BCUT2D eigenvalue weighted by Crippen LogP contribution is 2.28. The van der Waals surface area contributed by atoms with E-state index in [1.807, 2.05) is 6.92 Å². The van der Waals surface area contributed by atoms with Crippen LogP contribution in [0, 0.1) is 21.8 Å². The number of aliphatic hydroxyl groups excluding tert-OH is 1. The smallest absolute Gasteiger partial charge is 0.338 e. The Labute approximate surface area is 120 Å². The SMILES string of the molecule is CC(CO)CCCNc1cc(C(=O)O)c(F)cc1[N+](=O)[O-]. The molecule has 0 aromatic heterocycles. The van der Waals surface area contributed by atoms with Crippen molar-refractivity contribution in [2.75, 3.05) is 18.5 Å². The van der Waals surface area contributed by atoms with Gasteiger partial charge in [-0.05, 0) is 24.8 Å². The fourth-order valence-electron chi connectivity index (χ4n) is 1.78. The second-order valence-electron chi connectivity index (χ2n) is 4.77. The third kappa shape index (κ3) is 4.67. The van der Waals surface area contributed by atoms with Crippen LogP contribution in [-0.2, 0) is 0 Å². The molecule has 1 atom stereocenters. The Kier molecular flexibility index (Phi) is 6.04. The van der Waals surface area contributed by atoms with Crippen LogP contribution in [0.3, 0.4) is 0 Å². The van der Waals surface area contributed by atoms with E-state index in [9.17, 15) is 19.3 Å². The van der Waals surface area contributed by atoms with E-state index in [2.05, 4.69) is 5.32 Å². The van der Waals surface area contributed by atoms with E-state index in [1.54, 1.807) is 0 Å². The molecule has 8 heteroatoms. The maximum Gasteiger partial charge on any atom is 0.338 e. The zero-order valence-corrected chi connectivity index (χ0v) is 11.5. The van der Waals surface area contributed by atoms with Gasteiger partial charge in [-0.2, -0.15) is 0 Å². The first kappa shape index (κ1) is 16.8. The van der Waals surface area contributed by atoms with E-state index in [-0.39, 0.29) is 18.2 Å². The molecule has 1 aromatic carbocycles. The highest BCUT2D eigenvalue weighted by molar-refractivity contribution is 5.90. The fraction of sp³-hybridized carbons (Fsp3) is 0.462. The molecule has 0 saturated heterocycles. The lowest BCUT2D eigenvalue weighted by Gasteiger charge is -2.10. The molecule has 0 heterocycles. The molecule has 116 valence electrons. The van der Waals surface area contributed by atoms with E-state index in [1.165, 1.54) is 0 Å². The molecule has 3 N–H and O–H groups in total. The summed E-state index contributed by atoms with van der Waals surface area (Å²) < 4.78 is 13.4. The minimum atomic E-state index is -1.49. The molecule has 0 amide bonds. The average molecular weight is 300 g/mol. The number of benzene rings is 1. The molecular weight excluding hydrogens is 283 g/mol. The standard InChI is InChI=1S/C13H17FN2O5/c1-8(7-17)3-2-4-15-11-5-9(13(18)19)10(14)6-12(11)16(20)21/h5-6,8,15,17H,2-4,7H2,1H3,(H,18,19). The summed E-state index contributed by atoms with van der Waals surface area (Å²) in [6.45, 7) is 2.28. The van der Waals surface area contributed by atoms with Crippen LogP contribution in [0.2, 0.25) is 0 Å². The number of carboxylic acid groups (broad SMARTS) is 1. The normalized spacial score (nSPS) is 12.0. The van der Waals surface area contributed by atoms with Gasteiger partial charge in [0.1, 0.15) is 11.5 Å². The van der Waals surface area contributed by atoms with Crippen LogP contribution in [0.4, 0.5) is 15.8 Å². The predicted octanol–water partition coefficient (Wildman–Crippen LogP) is 2.25. The van der Waals surface area contributed by atoms with Gasteiger partial charge in [0.15, 0.2) is 0 Å². The lowest BCUT2D eigenvalue weighted by atomic mass is 10.1. The quantitative estimate of drug-likeness (QED) is 0.385. The number of aromatic carboxylic acids is 1. The van der Waals surface area contributed by atoms with Gasteiger partial charge in [-0.1, -0.05) is 6.92 Å². The summed E-state index contributed by atoms with van der Waals surface area (Å²) in [4.78, 5) is 20.9. The second-order valence-corrected chi connectivity index (χ2v) is 4.77. The number of nitrogens with one attached hydrogen (secondary N) is 1. The number of nitro benzene ring substituents is 1. The molecule has 0 saturated carbocycles. The number of rotatable bonds is 8. The van der Waals surface area contributed by atoms with Gasteiger partial charge in [-0.25, -0.2) is 9.18 Å². The number of nitro groups is 1. The summed E-state index contributed by atoms with van der Waals surface area (Å²) in [5.41, 5.74) is -1.16. The van der Waals surface area contributed by atoms with Crippen LogP contribution in [0.15, 0.2) is 12.1 Å². The molecular formula is C13H17FN2O5. The minimum absolute atomic E-state index is 0.0320. The van der Waals surface area contributed by atoms with Crippen molar-refractivity contribution in [2.24, 2.45) is 5.92 Å². The van der Waals surface area contributed by atoms with E-state index in [0.717, 1.165) is 6.07 Å². The summed E-state index contributed by atoms with van der Waals surface area (Å²) in [6.07, 6.45) is 1.35. The molecule has 0 bridgehead atoms. The molecule has 1 rings (SSSR count). The summed E-state index contributed by atoms with van der Waals surface area (Å²) in [5.74, 6) is -2.52. The number of nitrogens with zero attached hydrogens (tertiary/aromatic N) is 1. The average Bonchev–Trinajstić information content (AvgIpc) is 2.43. The Morgan fingerprint density at radius 1 is 1.52 bits per heavy atom. The van der Waals surface area contributed by atoms with Crippen LogP contribution in [0.1, 0.15) is 30.1 Å². The molecule has 0 radical (unpaired) electrons. The molecule has 0 aliphatic carbocycles. The molecule has 7 nitrogen and oxygen atoms in total. The Morgan fingerprint density at radius 3 is 2.71 bits per heavy atom. The second kappa shape index (κ2) is 7.53. The van der Waals surface area contributed by atoms with Crippen molar-refractivity contribution in [3.63, 3.8) is 0 Å². The van der Waals surface area contributed by atoms with Crippen LogP contribution >= 0.6 is 0 Å². The lowest BCUT2D eigenvalue weighted by Crippen LogP contribution is -2.10. The van der Waals surface area contributed by atoms with Crippen molar-refractivity contribution >= 4 is 17.3 Å². The van der Waals surface area contributed by atoms with Crippen molar-refractivity contribution in [2.45, 2.75) is 19.8 Å². The van der Waals surface area contributed by atoms with Gasteiger partial charge < -0.3 is 15.5 Å². The summed E-state index contributed by atoms with van der Waals surface area (Å²) >= 11 is 0. The molecule has 1 aromatic rings. The predicted molar refractivity (Wildman–Crippen MR) is 74.0 cm³/mol. The van der Waals surface area contributed by atoms with Gasteiger partial charge in [-0.15, -0.1) is 0 Å². The molecule has 21 heavy (non-hydrogen) atoms. The van der Waals surface area contributed by atoms with Crippen LogP contribution in [0.25, 0.3) is 0 Å². The Hall–Kier alpha value is -2.22. The maximum atomic E-state index is 13.4. The van der Waals surface area contributed by atoms with Crippen molar-refractivity contribution in [1.82, 2.24) is 0 Å². The van der Waals surface area contributed by atoms with Crippen molar-refractivity contribution in [1.29, 1.82) is 0 Å².